The van der Waals surface area contributed by atoms with Gasteiger partial charge < -0.3 is 9.47 Å². The molecule has 0 saturated carbocycles. The molecule has 2 fully saturated rings. The second-order valence-corrected chi connectivity index (χ2v) is 12.3. The SMILES string of the molecule is O=C1c2cc(S(=O)(=O)NCC3CCCO3)ccc2-c2ccc(S(=O)(=O)NCC3CCCO3)cc21. The molecule has 2 aromatic carbocycles. The highest BCUT2D eigenvalue weighted by Gasteiger charge is 2.31. The molecule has 2 saturated heterocycles. The largest absolute Gasteiger partial charge is 0.377 e. The van der Waals surface area contributed by atoms with Gasteiger partial charge in [-0.1, -0.05) is 12.1 Å². The summed E-state index contributed by atoms with van der Waals surface area (Å²) in [7, 11) is -7.65. The molecule has 34 heavy (non-hydrogen) atoms. The Balaban J connectivity index is 1.36. The number of carbonyl (C=O) groups is 1. The van der Waals surface area contributed by atoms with Crippen molar-refractivity contribution in [3.8, 4) is 11.1 Å². The van der Waals surface area contributed by atoms with Crippen molar-refractivity contribution in [3.63, 3.8) is 0 Å². The summed E-state index contributed by atoms with van der Waals surface area (Å²) in [4.78, 5) is 13.1. The van der Waals surface area contributed by atoms with Crippen LogP contribution < -0.4 is 9.44 Å². The number of nitrogens with one attached hydrogen (secondary N) is 2. The predicted molar refractivity (Wildman–Crippen MR) is 124 cm³/mol. The quantitative estimate of drug-likeness (QED) is 0.477. The molecule has 3 aliphatic rings. The van der Waals surface area contributed by atoms with Gasteiger partial charge in [0.15, 0.2) is 5.78 Å². The zero-order chi connectivity index (χ0) is 23.9. The zero-order valence-electron chi connectivity index (χ0n) is 18.4. The number of fused-ring (bicyclic) bond motifs is 3. The van der Waals surface area contributed by atoms with Crippen LogP contribution in [0.15, 0.2) is 46.2 Å². The van der Waals surface area contributed by atoms with Crippen molar-refractivity contribution in [3.05, 3.63) is 47.5 Å². The van der Waals surface area contributed by atoms with Gasteiger partial charge in [0, 0.05) is 37.4 Å². The van der Waals surface area contributed by atoms with E-state index >= 15 is 0 Å². The fourth-order valence-corrected chi connectivity index (χ4v) is 6.74. The molecule has 2 aliphatic heterocycles. The maximum atomic E-state index is 13.1. The number of sulfonamides is 2. The Morgan fingerprint density at radius 3 is 1.53 bits per heavy atom. The van der Waals surface area contributed by atoms with E-state index in [9.17, 15) is 21.6 Å². The fourth-order valence-electron chi connectivity index (χ4n) is 4.55. The Hall–Kier alpha value is -2.15. The van der Waals surface area contributed by atoms with Crippen molar-refractivity contribution in [1.82, 2.24) is 9.44 Å². The average Bonchev–Trinajstić information content (AvgIpc) is 3.58. The van der Waals surface area contributed by atoms with Crippen LogP contribution in [0.5, 0.6) is 0 Å². The summed E-state index contributed by atoms with van der Waals surface area (Å²) in [5.41, 5.74) is 1.62. The molecule has 1 aliphatic carbocycles. The minimum absolute atomic E-state index is 0.0171. The summed E-state index contributed by atoms with van der Waals surface area (Å²) in [6.07, 6.45) is 3.11. The lowest BCUT2D eigenvalue weighted by Crippen LogP contribution is -2.32. The van der Waals surface area contributed by atoms with Gasteiger partial charge in [-0.15, -0.1) is 0 Å². The van der Waals surface area contributed by atoms with Gasteiger partial charge in [0.25, 0.3) is 0 Å². The summed E-state index contributed by atoms with van der Waals surface area (Å²) in [5.74, 6) is -0.405. The third-order valence-electron chi connectivity index (χ3n) is 6.43. The second-order valence-electron chi connectivity index (χ2n) is 8.72. The Kier molecular flexibility index (Phi) is 6.34. The van der Waals surface area contributed by atoms with E-state index in [1.807, 2.05) is 0 Å². The molecule has 182 valence electrons. The number of benzene rings is 2. The van der Waals surface area contributed by atoms with E-state index in [2.05, 4.69) is 9.44 Å². The number of ether oxygens (including phenoxy) is 2. The normalized spacial score (nSPS) is 22.2. The molecule has 0 spiro atoms. The minimum Gasteiger partial charge on any atom is -0.377 e. The highest BCUT2D eigenvalue weighted by molar-refractivity contribution is 7.89. The summed E-state index contributed by atoms with van der Waals surface area (Å²) >= 11 is 0. The zero-order valence-corrected chi connectivity index (χ0v) is 20.1. The van der Waals surface area contributed by atoms with Crippen molar-refractivity contribution in [1.29, 1.82) is 0 Å². The standard InChI is InChI=1S/C23H26N2O7S2/c26-23-21-11-17(33(27,28)24-13-15-3-1-9-31-15)5-7-19(21)20-8-6-18(12-22(20)23)34(29,30)25-14-16-4-2-10-32-16/h5-8,11-12,15-16,24-25H,1-4,9-10,13-14H2. The van der Waals surface area contributed by atoms with Crippen molar-refractivity contribution < 1.29 is 31.1 Å². The van der Waals surface area contributed by atoms with Gasteiger partial charge in [0.1, 0.15) is 0 Å². The first kappa shape index (κ1) is 23.6. The smallest absolute Gasteiger partial charge is 0.240 e. The maximum absolute atomic E-state index is 13.1. The van der Waals surface area contributed by atoms with E-state index in [0.717, 1.165) is 25.7 Å². The van der Waals surface area contributed by atoms with Gasteiger partial charge in [0.2, 0.25) is 20.0 Å². The molecule has 2 atom stereocenters. The number of carbonyl (C=O) groups excluding carboxylic acids is 1. The predicted octanol–water partition coefficient (Wildman–Crippen LogP) is 1.81. The van der Waals surface area contributed by atoms with E-state index in [-0.39, 0.29) is 46.2 Å². The third kappa shape index (κ3) is 4.56. The number of ketones is 1. The van der Waals surface area contributed by atoms with Gasteiger partial charge in [-0.25, -0.2) is 26.3 Å². The van der Waals surface area contributed by atoms with Gasteiger partial charge in [0.05, 0.1) is 22.0 Å². The Labute approximate surface area is 198 Å². The minimum atomic E-state index is -3.83. The first-order valence-electron chi connectivity index (χ1n) is 11.3. The molecule has 9 nitrogen and oxygen atoms in total. The van der Waals surface area contributed by atoms with Crippen molar-refractivity contribution >= 4 is 25.8 Å². The Bertz CT molecular complexity index is 1230. The van der Waals surface area contributed by atoms with Gasteiger partial charge in [-0.05, 0) is 61.1 Å². The number of rotatable bonds is 8. The summed E-state index contributed by atoms with van der Waals surface area (Å²) in [5, 5.41) is 0. The molecule has 2 unspecified atom stereocenters. The molecule has 2 N–H and O–H groups in total. The van der Waals surface area contributed by atoms with Crippen molar-refractivity contribution in [2.75, 3.05) is 26.3 Å². The fraction of sp³-hybridized carbons (Fsp3) is 0.435. The van der Waals surface area contributed by atoms with Crippen LogP contribution in [0.2, 0.25) is 0 Å². The average molecular weight is 507 g/mol. The third-order valence-corrected chi connectivity index (χ3v) is 9.27. The molecular weight excluding hydrogens is 480 g/mol. The monoisotopic (exact) mass is 506 g/mol. The van der Waals surface area contributed by atoms with Gasteiger partial charge in [-0.3, -0.25) is 4.79 Å². The van der Waals surface area contributed by atoms with Crippen LogP contribution in [0.4, 0.5) is 0 Å². The van der Waals surface area contributed by atoms with Crippen LogP contribution in [0.1, 0.15) is 41.6 Å². The van der Waals surface area contributed by atoms with E-state index in [1.54, 1.807) is 12.1 Å². The Morgan fingerprint density at radius 1 is 0.706 bits per heavy atom. The molecule has 11 heteroatoms. The van der Waals surface area contributed by atoms with Gasteiger partial charge in [-0.2, -0.15) is 0 Å². The van der Waals surface area contributed by atoms with E-state index in [1.165, 1.54) is 24.3 Å². The molecular formula is C23H26N2O7S2. The number of hydrogen-bond acceptors (Lipinski definition) is 7. The van der Waals surface area contributed by atoms with Gasteiger partial charge >= 0.3 is 0 Å². The lowest BCUT2D eigenvalue weighted by Gasteiger charge is -2.12. The van der Waals surface area contributed by atoms with E-state index in [0.29, 0.717) is 24.3 Å². The lowest BCUT2D eigenvalue weighted by molar-refractivity contribution is 0.104. The molecule has 2 heterocycles. The highest BCUT2D eigenvalue weighted by Crippen LogP contribution is 2.38. The van der Waals surface area contributed by atoms with Crippen LogP contribution in [0.3, 0.4) is 0 Å². The molecule has 0 amide bonds. The molecule has 0 bridgehead atoms. The second kappa shape index (κ2) is 9.14. The van der Waals surface area contributed by atoms with Crippen LogP contribution in [0, 0.1) is 0 Å². The van der Waals surface area contributed by atoms with Crippen LogP contribution in [-0.4, -0.2) is 61.1 Å². The maximum Gasteiger partial charge on any atom is 0.240 e. The Morgan fingerprint density at radius 2 is 1.15 bits per heavy atom. The molecule has 5 rings (SSSR count). The summed E-state index contributed by atoms with van der Waals surface area (Å²) in [6.45, 7) is 1.60. The highest BCUT2D eigenvalue weighted by atomic mass is 32.2. The molecule has 0 radical (unpaired) electrons. The van der Waals surface area contributed by atoms with Crippen LogP contribution in [0.25, 0.3) is 11.1 Å². The van der Waals surface area contributed by atoms with Crippen molar-refractivity contribution in [2.45, 2.75) is 47.7 Å². The lowest BCUT2D eigenvalue weighted by atomic mass is 10.1. The first-order chi connectivity index (χ1) is 16.2. The summed E-state index contributed by atoms with van der Waals surface area (Å²) in [6, 6.07) is 8.77. The first-order valence-corrected chi connectivity index (χ1v) is 14.3. The molecule has 2 aromatic rings. The topological polar surface area (TPSA) is 128 Å². The van der Waals surface area contributed by atoms with E-state index in [4.69, 9.17) is 9.47 Å². The van der Waals surface area contributed by atoms with E-state index < -0.39 is 25.8 Å². The van der Waals surface area contributed by atoms with Crippen LogP contribution >= 0.6 is 0 Å². The summed E-state index contributed by atoms with van der Waals surface area (Å²) < 4.78 is 67.1. The van der Waals surface area contributed by atoms with Crippen LogP contribution in [-0.2, 0) is 29.5 Å². The number of hydrogen-bond donors (Lipinski definition) is 2. The molecule has 0 aromatic heterocycles. The van der Waals surface area contributed by atoms with Crippen molar-refractivity contribution in [2.24, 2.45) is 0 Å².